The van der Waals surface area contributed by atoms with Crippen molar-refractivity contribution in [1.82, 2.24) is 4.72 Å². The summed E-state index contributed by atoms with van der Waals surface area (Å²) in [6, 6.07) is 14.4. The van der Waals surface area contributed by atoms with Crippen LogP contribution in [-0.2, 0) is 19.6 Å². The zero-order chi connectivity index (χ0) is 17.7. The Morgan fingerprint density at radius 2 is 1.67 bits per heavy atom. The minimum atomic E-state index is -3.87. The molecule has 0 fully saturated rings. The van der Waals surface area contributed by atoms with Gasteiger partial charge in [0.25, 0.3) is 0 Å². The lowest BCUT2D eigenvalue weighted by atomic mass is 10.1. The number of carbonyl (C=O) groups excluding carboxylic acids is 1. The Balaban J connectivity index is 2.32. The molecule has 24 heavy (non-hydrogen) atoms. The largest absolute Gasteiger partial charge is 0.468 e. The molecule has 0 saturated heterocycles. The molecule has 2 aromatic rings. The first kappa shape index (κ1) is 18.6. The van der Waals surface area contributed by atoms with Gasteiger partial charge in [0.05, 0.1) is 16.8 Å². The standard InChI is InChI=1S/C17H18BrNO4S/c1-12-8-10-14(11-9-12)24(21,22)19-16(17(20)23-2)15(18)13-6-4-3-5-7-13/h3-11,15-16,19H,1-2H3/t15-,16-/m1/s1. The number of halogens is 1. The summed E-state index contributed by atoms with van der Waals surface area (Å²) in [5.41, 5.74) is 1.71. The van der Waals surface area contributed by atoms with Gasteiger partial charge in [0, 0.05) is 0 Å². The van der Waals surface area contributed by atoms with Gasteiger partial charge in [-0.1, -0.05) is 64.0 Å². The molecule has 5 nitrogen and oxygen atoms in total. The summed E-state index contributed by atoms with van der Waals surface area (Å²) in [6.07, 6.45) is 0. The summed E-state index contributed by atoms with van der Waals surface area (Å²) in [5.74, 6) is -0.670. The molecule has 0 aliphatic carbocycles. The average Bonchev–Trinajstić information content (AvgIpc) is 2.59. The Morgan fingerprint density at radius 3 is 2.21 bits per heavy atom. The van der Waals surface area contributed by atoms with Crippen LogP contribution in [-0.4, -0.2) is 27.5 Å². The Hall–Kier alpha value is -1.70. The smallest absolute Gasteiger partial charge is 0.325 e. The van der Waals surface area contributed by atoms with Crippen molar-refractivity contribution in [2.45, 2.75) is 22.7 Å². The average molecular weight is 412 g/mol. The van der Waals surface area contributed by atoms with E-state index >= 15 is 0 Å². The van der Waals surface area contributed by atoms with Crippen LogP contribution in [0.3, 0.4) is 0 Å². The number of sulfonamides is 1. The van der Waals surface area contributed by atoms with Gasteiger partial charge < -0.3 is 4.74 Å². The van der Waals surface area contributed by atoms with E-state index in [9.17, 15) is 13.2 Å². The molecule has 1 N–H and O–H groups in total. The number of ether oxygens (including phenoxy) is 1. The maximum Gasteiger partial charge on any atom is 0.325 e. The molecule has 0 aliphatic heterocycles. The number of nitrogens with one attached hydrogen (secondary N) is 1. The molecule has 2 rings (SSSR count). The zero-order valence-electron chi connectivity index (χ0n) is 13.3. The van der Waals surface area contributed by atoms with E-state index in [0.717, 1.165) is 11.1 Å². The normalized spacial score (nSPS) is 14.0. The van der Waals surface area contributed by atoms with Gasteiger partial charge >= 0.3 is 5.97 Å². The quantitative estimate of drug-likeness (QED) is 0.585. The summed E-state index contributed by atoms with van der Waals surface area (Å²) in [4.78, 5) is 11.6. The molecule has 2 atom stereocenters. The number of hydrogen-bond acceptors (Lipinski definition) is 4. The monoisotopic (exact) mass is 411 g/mol. The van der Waals surface area contributed by atoms with Gasteiger partial charge in [0.15, 0.2) is 0 Å². The molecule has 0 heterocycles. The third-order valence-corrected chi connectivity index (χ3v) is 5.99. The highest BCUT2D eigenvalue weighted by Gasteiger charge is 2.33. The van der Waals surface area contributed by atoms with E-state index in [4.69, 9.17) is 4.74 Å². The van der Waals surface area contributed by atoms with Gasteiger partial charge in [-0.05, 0) is 24.6 Å². The van der Waals surface area contributed by atoms with Gasteiger partial charge in [-0.2, -0.15) is 4.72 Å². The maximum atomic E-state index is 12.6. The van der Waals surface area contributed by atoms with Crippen molar-refractivity contribution in [3.05, 3.63) is 65.7 Å². The number of benzene rings is 2. The second-order valence-electron chi connectivity index (χ2n) is 5.25. The highest BCUT2D eigenvalue weighted by atomic mass is 79.9. The predicted octanol–water partition coefficient (Wildman–Crippen LogP) is 2.95. The van der Waals surface area contributed by atoms with Crippen LogP contribution in [0.25, 0.3) is 0 Å². The number of rotatable bonds is 6. The maximum absolute atomic E-state index is 12.6. The van der Waals surface area contributed by atoms with Gasteiger partial charge in [-0.3, -0.25) is 4.79 Å². The third-order valence-electron chi connectivity index (χ3n) is 3.48. The van der Waals surface area contributed by atoms with E-state index in [1.54, 1.807) is 24.3 Å². The SMILES string of the molecule is COC(=O)[C@H](NS(=O)(=O)c1ccc(C)cc1)[C@H](Br)c1ccccc1. The summed E-state index contributed by atoms with van der Waals surface area (Å²) < 4.78 is 32.3. The van der Waals surface area contributed by atoms with Crippen molar-refractivity contribution in [3.63, 3.8) is 0 Å². The van der Waals surface area contributed by atoms with Crippen molar-refractivity contribution >= 4 is 31.9 Å². The molecule has 0 aromatic heterocycles. The Kier molecular flexibility index (Phi) is 6.15. The fourth-order valence-corrected chi connectivity index (χ4v) is 4.16. The van der Waals surface area contributed by atoms with Crippen molar-refractivity contribution in [3.8, 4) is 0 Å². The first-order valence-electron chi connectivity index (χ1n) is 7.21. The molecular weight excluding hydrogens is 394 g/mol. The molecule has 0 amide bonds. The first-order valence-corrected chi connectivity index (χ1v) is 9.61. The van der Waals surface area contributed by atoms with Gasteiger partial charge in [-0.25, -0.2) is 8.42 Å². The predicted molar refractivity (Wildman–Crippen MR) is 95.4 cm³/mol. The van der Waals surface area contributed by atoms with Gasteiger partial charge in [0.1, 0.15) is 6.04 Å². The van der Waals surface area contributed by atoms with E-state index in [2.05, 4.69) is 20.7 Å². The van der Waals surface area contributed by atoms with Crippen LogP contribution in [0.1, 0.15) is 16.0 Å². The second kappa shape index (κ2) is 7.92. The molecule has 0 spiro atoms. The Morgan fingerprint density at radius 1 is 1.08 bits per heavy atom. The number of alkyl halides is 1. The Labute approximate surface area is 150 Å². The molecule has 0 unspecified atom stereocenters. The lowest BCUT2D eigenvalue weighted by molar-refractivity contribution is -0.142. The van der Waals surface area contributed by atoms with Crippen LogP contribution in [0.4, 0.5) is 0 Å². The van der Waals surface area contributed by atoms with E-state index in [1.807, 2.05) is 25.1 Å². The van der Waals surface area contributed by atoms with Gasteiger partial charge in [-0.15, -0.1) is 0 Å². The highest BCUT2D eigenvalue weighted by molar-refractivity contribution is 9.09. The van der Waals surface area contributed by atoms with E-state index < -0.39 is 26.9 Å². The van der Waals surface area contributed by atoms with Crippen molar-refractivity contribution in [2.24, 2.45) is 0 Å². The van der Waals surface area contributed by atoms with Crippen molar-refractivity contribution < 1.29 is 17.9 Å². The number of carbonyl (C=O) groups is 1. The first-order chi connectivity index (χ1) is 11.3. The van der Waals surface area contributed by atoms with Gasteiger partial charge in [0.2, 0.25) is 10.0 Å². The van der Waals surface area contributed by atoms with Crippen molar-refractivity contribution in [2.75, 3.05) is 7.11 Å². The van der Waals surface area contributed by atoms with Crippen LogP contribution in [0.15, 0.2) is 59.5 Å². The van der Waals surface area contributed by atoms with E-state index in [-0.39, 0.29) is 4.90 Å². The third kappa shape index (κ3) is 4.43. The molecule has 0 bridgehead atoms. The zero-order valence-corrected chi connectivity index (χ0v) is 15.7. The van der Waals surface area contributed by atoms with Crippen LogP contribution in [0, 0.1) is 6.92 Å². The van der Waals surface area contributed by atoms with Crippen LogP contribution in [0.5, 0.6) is 0 Å². The number of hydrogen-bond donors (Lipinski definition) is 1. The molecule has 7 heteroatoms. The number of methoxy groups -OCH3 is 1. The fourth-order valence-electron chi connectivity index (χ4n) is 2.14. The summed E-state index contributed by atoms with van der Waals surface area (Å²) in [6.45, 7) is 1.87. The number of esters is 1. The number of aryl methyl sites for hydroxylation is 1. The minimum absolute atomic E-state index is 0.0924. The van der Waals surface area contributed by atoms with E-state index in [0.29, 0.717) is 0 Å². The second-order valence-corrected chi connectivity index (χ2v) is 7.95. The molecule has 0 aliphatic rings. The van der Waals surface area contributed by atoms with E-state index in [1.165, 1.54) is 19.2 Å². The highest BCUT2D eigenvalue weighted by Crippen LogP contribution is 2.28. The van der Waals surface area contributed by atoms with Crippen molar-refractivity contribution in [1.29, 1.82) is 0 Å². The molecular formula is C17H18BrNO4S. The Bertz CT molecular complexity index is 791. The topological polar surface area (TPSA) is 72.5 Å². The summed E-state index contributed by atoms with van der Waals surface area (Å²) >= 11 is 3.40. The molecule has 128 valence electrons. The molecule has 2 aromatic carbocycles. The van der Waals surface area contributed by atoms with Crippen LogP contribution in [0.2, 0.25) is 0 Å². The summed E-state index contributed by atoms with van der Waals surface area (Å²) in [5, 5.41) is 0. The lowest BCUT2D eigenvalue weighted by Gasteiger charge is -2.22. The summed E-state index contributed by atoms with van der Waals surface area (Å²) in [7, 11) is -2.64. The lowest BCUT2D eigenvalue weighted by Crippen LogP contribution is -2.44. The fraction of sp³-hybridized carbons (Fsp3) is 0.235. The minimum Gasteiger partial charge on any atom is -0.468 e. The van der Waals surface area contributed by atoms with Crippen LogP contribution < -0.4 is 4.72 Å². The molecule has 0 saturated carbocycles. The molecule has 0 radical (unpaired) electrons. The van der Waals surface area contributed by atoms with Crippen LogP contribution >= 0.6 is 15.9 Å².